The van der Waals surface area contributed by atoms with Gasteiger partial charge in [0.05, 0.1) is 7.11 Å². The molecule has 3 rings (SSSR count). The maximum Gasteiger partial charge on any atom is 0.122 e. The van der Waals surface area contributed by atoms with Crippen molar-refractivity contribution in [1.82, 2.24) is 5.32 Å². The standard InChI is InChI=1S/C20H25NO/c1-14-12-20(22-3)15(2)11-17(14)13-21-19-10-6-8-16-7-4-5-9-18(16)19/h4-5,7,9,11-12,19,21H,6,8,10,13H2,1-3H3/t19-/m0/s1. The molecule has 0 saturated carbocycles. The first kappa shape index (κ1) is 15.1. The van der Waals surface area contributed by atoms with Crippen LogP contribution in [0.2, 0.25) is 0 Å². The molecular weight excluding hydrogens is 270 g/mol. The van der Waals surface area contributed by atoms with E-state index in [4.69, 9.17) is 4.74 Å². The van der Waals surface area contributed by atoms with Gasteiger partial charge in [-0.3, -0.25) is 0 Å². The van der Waals surface area contributed by atoms with Crippen LogP contribution in [-0.4, -0.2) is 7.11 Å². The highest BCUT2D eigenvalue weighted by Gasteiger charge is 2.19. The molecule has 0 amide bonds. The molecule has 0 fully saturated rings. The number of benzene rings is 2. The molecule has 0 bridgehead atoms. The summed E-state index contributed by atoms with van der Waals surface area (Å²) >= 11 is 0. The fourth-order valence-corrected chi connectivity index (χ4v) is 3.46. The van der Waals surface area contributed by atoms with E-state index in [0.29, 0.717) is 6.04 Å². The van der Waals surface area contributed by atoms with Gasteiger partial charge in [-0.05, 0) is 67.0 Å². The smallest absolute Gasteiger partial charge is 0.122 e. The molecule has 1 aliphatic rings. The van der Waals surface area contributed by atoms with Gasteiger partial charge < -0.3 is 10.1 Å². The molecule has 0 radical (unpaired) electrons. The molecule has 0 unspecified atom stereocenters. The molecule has 2 nitrogen and oxygen atoms in total. The first-order valence-corrected chi connectivity index (χ1v) is 8.14. The zero-order chi connectivity index (χ0) is 15.5. The number of methoxy groups -OCH3 is 1. The topological polar surface area (TPSA) is 21.3 Å². The Balaban J connectivity index is 1.75. The zero-order valence-corrected chi connectivity index (χ0v) is 13.8. The Bertz CT molecular complexity index is 663. The normalized spacial score (nSPS) is 17.1. The summed E-state index contributed by atoms with van der Waals surface area (Å²) in [4.78, 5) is 0. The molecule has 1 N–H and O–H groups in total. The minimum atomic E-state index is 0.478. The number of hydrogen-bond donors (Lipinski definition) is 1. The van der Waals surface area contributed by atoms with E-state index in [0.717, 1.165) is 12.3 Å². The summed E-state index contributed by atoms with van der Waals surface area (Å²) in [5.74, 6) is 0.976. The molecule has 22 heavy (non-hydrogen) atoms. The van der Waals surface area contributed by atoms with Crippen LogP contribution in [0.3, 0.4) is 0 Å². The van der Waals surface area contributed by atoms with Crippen molar-refractivity contribution in [3.05, 3.63) is 64.2 Å². The molecule has 0 aliphatic heterocycles. The van der Waals surface area contributed by atoms with Gasteiger partial charge in [-0.1, -0.05) is 30.3 Å². The summed E-state index contributed by atoms with van der Waals surface area (Å²) in [6.07, 6.45) is 3.72. The molecule has 1 atom stereocenters. The summed E-state index contributed by atoms with van der Waals surface area (Å²) < 4.78 is 5.40. The lowest BCUT2D eigenvalue weighted by atomic mass is 9.87. The third-order valence-corrected chi connectivity index (χ3v) is 4.76. The minimum Gasteiger partial charge on any atom is -0.496 e. The van der Waals surface area contributed by atoms with Crippen molar-refractivity contribution in [1.29, 1.82) is 0 Å². The van der Waals surface area contributed by atoms with Crippen molar-refractivity contribution in [3.63, 3.8) is 0 Å². The molecule has 2 heteroatoms. The number of hydrogen-bond acceptors (Lipinski definition) is 2. The molecule has 1 aliphatic carbocycles. The van der Waals surface area contributed by atoms with Crippen LogP contribution in [0.4, 0.5) is 0 Å². The monoisotopic (exact) mass is 295 g/mol. The molecule has 2 aromatic carbocycles. The highest BCUT2D eigenvalue weighted by Crippen LogP contribution is 2.30. The molecule has 0 spiro atoms. The van der Waals surface area contributed by atoms with Crippen molar-refractivity contribution in [3.8, 4) is 5.75 Å². The Hall–Kier alpha value is -1.80. The SMILES string of the molecule is COc1cc(C)c(CN[C@H]2CCCc3ccccc32)cc1C. The van der Waals surface area contributed by atoms with Gasteiger partial charge in [0.15, 0.2) is 0 Å². The average molecular weight is 295 g/mol. The number of aryl methyl sites for hydroxylation is 3. The molecule has 0 heterocycles. The van der Waals surface area contributed by atoms with E-state index in [-0.39, 0.29) is 0 Å². The van der Waals surface area contributed by atoms with Crippen LogP contribution in [0.25, 0.3) is 0 Å². The highest BCUT2D eigenvalue weighted by atomic mass is 16.5. The van der Waals surface area contributed by atoms with E-state index in [1.54, 1.807) is 7.11 Å². The quantitative estimate of drug-likeness (QED) is 0.898. The third kappa shape index (κ3) is 3.02. The van der Waals surface area contributed by atoms with Crippen molar-refractivity contribution in [2.24, 2.45) is 0 Å². The fourth-order valence-electron chi connectivity index (χ4n) is 3.46. The van der Waals surface area contributed by atoms with Crippen LogP contribution in [0.1, 0.15) is 46.7 Å². The van der Waals surface area contributed by atoms with Crippen molar-refractivity contribution >= 4 is 0 Å². The van der Waals surface area contributed by atoms with Gasteiger partial charge in [0.2, 0.25) is 0 Å². The lowest BCUT2D eigenvalue weighted by Gasteiger charge is -2.27. The number of ether oxygens (including phenoxy) is 1. The Labute approximate surface area is 133 Å². The van der Waals surface area contributed by atoms with Crippen LogP contribution in [0.15, 0.2) is 36.4 Å². The second-order valence-electron chi connectivity index (χ2n) is 6.27. The summed E-state index contributed by atoms with van der Waals surface area (Å²) in [5.41, 5.74) is 6.85. The molecule has 0 saturated heterocycles. The van der Waals surface area contributed by atoms with Crippen LogP contribution in [0, 0.1) is 13.8 Å². The Kier molecular flexibility index (Phi) is 4.49. The molecule has 116 valence electrons. The van der Waals surface area contributed by atoms with Crippen LogP contribution in [0.5, 0.6) is 5.75 Å². The molecule has 0 aromatic heterocycles. The van der Waals surface area contributed by atoms with Gasteiger partial charge in [-0.2, -0.15) is 0 Å². The predicted octanol–water partition coefficient (Wildman–Crippen LogP) is 4.48. The predicted molar refractivity (Wildman–Crippen MR) is 91.4 cm³/mol. The summed E-state index contributed by atoms with van der Waals surface area (Å²) in [6.45, 7) is 5.18. The van der Waals surface area contributed by atoms with E-state index in [2.05, 4.69) is 55.6 Å². The van der Waals surface area contributed by atoms with Gasteiger partial charge in [0.1, 0.15) is 5.75 Å². The Morgan fingerprint density at radius 2 is 1.95 bits per heavy atom. The first-order valence-electron chi connectivity index (χ1n) is 8.14. The molecular formula is C20H25NO. The van der Waals surface area contributed by atoms with E-state index in [1.165, 1.54) is 47.1 Å². The van der Waals surface area contributed by atoms with Crippen LogP contribution < -0.4 is 10.1 Å². The van der Waals surface area contributed by atoms with E-state index in [1.807, 2.05) is 0 Å². The largest absolute Gasteiger partial charge is 0.496 e. The van der Waals surface area contributed by atoms with E-state index >= 15 is 0 Å². The van der Waals surface area contributed by atoms with Crippen LogP contribution in [-0.2, 0) is 13.0 Å². The number of rotatable bonds is 4. The van der Waals surface area contributed by atoms with Gasteiger partial charge in [0.25, 0.3) is 0 Å². The second-order valence-corrected chi connectivity index (χ2v) is 6.27. The third-order valence-electron chi connectivity index (χ3n) is 4.76. The fraction of sp³-hybridized carbons (Fsp3) is 0.400. The Morgan fingerprint density at radius 3 is 2.77 bits per heavy atom. The lowest BCUT2D eigenvalue weighted by molar-refractivity contribution is 0.410. The van der Waals surface area contributed by atoms with Gasteiger partial charge in [0, 0.05) is 12.6 Å². The van der Waals surface area contributed by atoms with Gasteiger partial charge in [-0.15, -0.1) is 0 Å². The summed E-state index contributed by atoms with van der Waals surface area (Å²) in [5, 5.41) is 3.76. The average Bonchev–Trinajstić information content (AvgIpc) is 2.55. The van der Waals surface area contributed by atoms with Crippen LogP contribution >= 0.6 is 0 Å². The van der Waals surface area contributed by atoms with Crippen molar-refractivity contribution in [2.45, 2.75) is 45.7 Å². The number of nitrogens with one attached hydrogen (secondary N) is 1. The van der Waals surface area contributed by atoms with Crippen molar-refractivity contribution < 1.29 is 4.74 Å². The van der Waals surface area contributed by atoms with Gasteiger partial charge >= 0.3 is 0 Å². The highest BCUT2D eigenvalue weighted by molar-refractivity contribution is 5.41. The Morgan fingerprint density at radius 1 is 1.14 bits per heavy atom. The van der Waals surface area contributed by atoms with Crippen molar-refractivity contribution in [2.75, 3.05) is 7.11 Å². The van der Waals surface area contributed by atoms with E-state index < -0.39 is 0 Å². The minimum absolute atomic E-state index is 0.478. The second kappa shape index (κ2) is 6.53. The summed E-state index contributed by atoms with van der Waals surface area (Å²) in [6, 6.07) is 13.7. The lowest BCUT2D eigenvalue weighted by Crippen LogP contribution is -2.25. The zero-order valence-electron chi connectivity index (χ0n) is 13.8. The van der Waals surface area contributed by atoms with Gasteiger partial charge in [-0.25, -0.2) is 0 Å². The maximum absolute atomic E-state index is 5.40. The molecule has 2 aromatic rings. The summed E-state index contributed by atoms with van der Waals surface area (Å²) in [7, 11) is 1.73. The maximum atomic E-state index is 5.40. The van der Waals surface area contributed by atoms with E-state index in [9.17, 15) is 0 Å². The first-order chi connectivity index (χ1) is 10.7. The number of fused-ring (bicyclic) bond motifs is 1.